The summed E-state index contributed by atoms with van der Waals surface area (Å²) in [5, 5.41) is 9.03. The third-order valence-corrected chi connectivity index (χ3v) is 6.20. The number of nitrogens with one attached hydrogen (secondary N) is 2. The lowest BCUT2D eigenvalue weighted by molar-refractivity contribution is 0.0186. The molecule has 1 aliphatic heterocycles. The van der Waals surface area contributed by atoms with Crippen molar-refractivity contribution in [2.75, 3.05) is 59.5 Å². The predicted molar refractivity (Wildman–Crippen MR) is 116 cm³/mol. The SMILES string of the molecule is CCNC(=NCC(c1cccs1)N1CCOCC1)NCCN(C)C(C)CC. The van der Waals surface area contributed by atoms with Crippen molar-refractivity contribution < 1.29 is 4.74 Å². The van der Waals surface area contributed by atoms with Gasteiger partial charge in [0.2, 0.25) is 0 Å². The van der Waals surface area contributed by atoms with Gasteiger partial charge in [0, 0.05) is 43.6 Å². The van der Waals surface area contributed by atoms with Crippen molar-refractivity contribution in [1.29, 1.82) is 0 Å². The van der Waals surface area contributed by atoms with Crippen LogP contribution in [-0.2, 0) is 4.74 Å². The summed E-state index contributed by atoms with van der Waals surface area (Å²) < 4.78 is 5.53. The molecule has 2 rings (SSSR count). The molecule has 2 unspecified atom stereocenters. The highest BCUT2D eigenvalue weighted by Crippen LogP contribution is 2.26. The summed E-state index contributed by atoms with van der Waals surface area (Å²) in [5.74, 6) is 0.907. The summed E-state index contributed by atoms with van der Waals surface area (Å²) in [5.41, 5.74) is 0. The van der Waals surface area contributed by atoms with E-state index in [1.165, 1.54) is 11.3 Å². The number of guanidine groups is 1. The van der Waals surface area contributed by atoms with Crippen molar-refractivity contribution in [1.82, 2.24) is 20.4 Å². The molecule has 0 saturated carbocycles. The summed E-state index contributed by atoms with van der Waals surface area (Å²) in [6.45, 7) is 13.7. The Hall–Kier alpha value is -1.15. The highest BCUT2D eigenvalue weighted by atomic mass is 32.1. The van der Waals surface area contributed by atoms with Crippen LogP contribution >= 0.6 is 11.3 Å². The van der Waals surface area contributed by atoms with Gasteiger partial charge in [0.25, 0.3) is 0 Å². The average Bonchev–Trinajstić information content (AvgIpc) is 3.22. The van der Waals surface area contributed by atoms with Crippen LogP contribution in [0.5, 0.6) is 0 Å². The maximum atomic E-state index is 5.53. The van der Waals surface area contributed by atoms with Crippen LogP contribution in [0.4, 0.5) is 0 Å². The first-order valence-electron chi connectivity index (χ1n) is 10.2. The molecule has 0 amide bonds. The number of thiophene rings is 1. The first kappa shape index (κ1) is 22.1. The Balaban J connectivity index is 1.95. The van der Waals surface area contributed by atoms with Gasteiger partial charge in [-0.15, -0.1) is 11.3 Å². The third kappa shape index (κ3) is 7.41. The van der Waals surface area contributed by atoms with E-state index >= 15 is 0 Å². The maximum Gasteiger partial charge on any atom is 0.191 e. The molecule has 2 heterocycles. The number of morpholine rings is 1. The molecule has 7 heteroatoms. The second-order valence-corrected chi connectivity index (χ2v) is 8.04. The quantitative estimate of drug-likeness (QED) is 0.471. The van der Waals surface area contributed by atoms with E-state index in [1.807, 2.05) is 11.3 Å². The fourth-order valence-electron chi connectivity index (χ4n) is 3.16. The Morgan fingerprint density at radius 3 is 2.74 bits per heavy atom. The van der Waals surface area contributed by atoms with Gasteiger partial charge in [-0.1, -0.05) is 13.0 Å². The van der Waals surface area contributed by atoms with Crippen LogP contribution in [-0.4, -0.2) is 81.3 Å². The van der Waals surface area contributed by atoms with Crippen LogP contribution in [0, 0.1) is 0 Å². The summed E-state index contributed by atoms with van der Waals surface area (Å²) in [7, 11) is 2.19. The molecule has 2 atom stereocenters. The van der Waals surface area contributed by atoms with Gasteiger partial charge in [0.05, 0.1) is 25.8 Å². The van der Waals surface area contributed by atoms with E-state index in [1.54, 1.807) is 0 Å². The number of hydrogen-bond donors (Lipinski definition) is 2. The van der Waals surface area contributed by atoms with Crippen molar-refractivity contribution >= 4 is 17.3 Å². The molecule has 0 radical (unpaired) electrons. The van der Waals surface area contributed by atoms with Crippen molar-refractivity contribution in [3.63, 3.8) is 0 Å². The molecule has 0 aliphatic carbocycles. The number of nitrogens with zero attached hydrogens (tertiary/aromatic N) is 3. The third-order valence-electron chi connectivity index (χ3n) is 5.22. The smallest absolute Gasteiger partial charge is 0.191 e. The van der Waals surface area contributed by atoms with E-state index in [-0.39, 0.29) is 0 Å². The number of hydrogen-bond acceptors (Lipinski definition) is 5. The minimum Gasteiger partial charge on any atom is -0.379 e. The molecular formula is C20H37N5OS. The highest BCUT2D eigenvalue weighted by Gasteiger charge is 2.23. The number of likely N-dealkylation sites (N-methyl/N-ethyl adjacent to an activating group) is 1. The van der Waals surface area contributed by atoms with Gasteiger partial charge < -0.3 is 20.3 Å². The molecule has 154 valence electrons. The largest absolute Gasteiger partial charge is 0.379 e. The van der Waals surface area contributed by atoms with E-state index in [0.717, 1.165) is 58.4 Å². The molecule has 6 nitrogen and oxygen atoms in total. The van der Waals surface area contributed by atoms with E-state index in [4.69, 9.17) is 9.73 Å². The molecular weight excluding hydrogens is 358 g/mol. The lowest BCUT2D eigenvalue weighted by atomic mass is 10.2. The second-order valence-electron chi connectivity index (χ2n) is 7.06. The zero-order valence-corrected chi connectivity index (χ0v) is 18.2. The Morgan fingerprint density at radius 1 is 1.33 bits per heavy atom. The van der Waals surface area contributed by atoms with Crippen molar-refractivity contribution in [3.8, 4) is 0 Å². The van der Waals surface area contributed by atoms with Gasteiger partial charge >= 0.3 is 0 Å². The van der Waals surface area contributed by atoms with E-state index < -0.39 is 0 Å². The normalized spacial score (nSPS) is 18.5. The fraction of sp³-hybridized carbons (Fsp3) is 0.750. The van der Waals surface area contributed by atoms with Gasteiger partial charge in [-0.3, -0.25) is 9.89 Å². The van der Waals surface area contributed by atoms with Gasteiger partial charge in [0.1, 0.15) is 0 Å². The average molecular weight is 396 g/mol. The first-order valence-corrected chi connectivity index (χ1v) is 11.1. The first-order chi connectivity index (χ1) is 13.2. The zero-order chi connectivity index (χ0) is 19.5. The lowest BCUT2D eigenvalue weighted by Crippen LogP contribution is -2.43. The zero-order valence-electron chi connectivity index (χ0n) is 17.4. The molecule has 1 aromatic rings. The molecule has 0 spiro atoms. The molecule has 2 N–H and O–H groups in total. The monoisotopic (exact) mass is 395 g/mol. The molecule has 1 aromatic heterocycles. The number of aliphatic imine (C=N–C) groups is 1. The van der Waals surface area contributed by atoms with Crippen LogP contribution in [0.25, 0.3) is 0 Å². The van der Waals surface area contributed by atoms with E-state index in [0.29, 0.717) is 12.1 Å². The topological polar surface area (TPSA) is 52.1 Å². The van der Waals surface area contributed by atoms with Crippen LogP contribution in [0.1, 0.15) is 38.1 Å². The summed E-state index contributed by atoms with van der Waals surface area (Å²) >= 11 is 1.82. The molecule has 1 saturated heterocycles. The highest BCUT2D eigenvalue weighted by molar-refractivity contribution is 7.10. The Bertz CT molecular complexity index is 530. The van der Waals surface area contributed by atoms with Crippen molar-refractivity contribution in [3.05, 3.63) is 22.4 Å². The predicted octanol–water partition coefficient (Wildman–Crippen LogP) is 2.41. The molecule has 1 aliphatic rings. The fourth-order valence-corrected chi connectivity index (χ4v) is 4.01. The standard InChI is InChI=1S/C20H37N5OS/c1-5-17(3)24(4)10-9-22-20(21-6-2)23-16-18(19-8-7-15-27-19)25-11-13-26-14-12-25/h7-8,15,17-18H,5-6,9-14,16H2,1-4H3,(H2,21,22,23). The van der Waals surface area contributed by atoms with Gasteiger partial charge in [0.15, 0.2) is 5.96 Å². The molecule has 1 fully saturated rings. The molecule has 0 aromatic carbocycles. The van der Waals surface area contributed by atoms with Crippen LogP contribution in [0.15, 0.2) is 22.5 Å². The summed E-state index contributed by atoms with van der Waals surface area (Å²) in [6.07, 6.45) is 1.17. The van der Waals surface area contributed by atoms with Crippen LogP contribution in [0.3, 0.4) is 0 Å². The van der Waals surface area contributed by atoms with Gasteiger partial charge in [-0.25, -0.2) is 0 Å². The van der Waals surface area contributed by atoms with E-state index in [2.05, 4.69) is 65.8 Å². The van der Waals surface area contributed by atoms with Crippen molar-refractivity contribution in [2.45, 2.75) is 39.3 Å². The van der Waals surface area contributed by atoms with Crippen LogP contribution < -0.4 is 10.6 Å². The Kier molecular flexibility index (Phi) is 10.1. The summed E-state index contributed by atoms with van der Waals surface area (Å²) in [4.78, 5) is 11.2. The minimum atomic E-state index is 0.326. The maximum absolute atomic E-state index is 5.53. The summed E-state index contributed by atoms with van der Waals surface area (Å²) in [6, 6.07) is 5.29. The van der Waals surface area contributed by atoms with Crippen LogP contribution in [0.2, 0.25) is 0 Å². The number of ether oxygens (including phenoxy) is 1. The number of rotatable bonds is 10. The Morgan fingerprint density at radius 2 is 2.11 bits per heavy atom. The molecule has 27 heavy (non-hydrogen) atoms. The lowest BCUT2D eigenvalue weighted by Gasteiger charge is -2.33. The van der Waals surface area contributed by atoms with Crippen molar-refractivity contribution in [2.24, 2.45) is 4.99 Å². The van der Waals surface area contributed by atoms with E-state index in [9.17, 15) is 0 Å². The second kappa shape index (κ2) is 12.3. The van der Waals surface area contributed by atoms with Gasteiger partial charge in [-0.05, 0) is 38.8 Å². The Labute approximate surface area is 169 Å². The van der Waals surface area contributed by atoms with Gasteiger partial charge in [-0.2, -0.15) is 0 Å². The molecule has 0 bridgehead atoms. The minimum absolute atomic E-state index is 0.326.